The first-order valence-corrected chi connectivity index (χ1v) is 8.70. The maximum Gasteiger partial charge on any atom is 0.239 e. The van der Waals surface area contributed by atoms with Crippen LogP contribution in [0.3, 0.4) is 0 Å². The number of thioether (sulfide) groups is 1. The highest BCUT2D eigenvalue weighted by Crippen LogP contribution is 2.18. The molecule has 6 nitrogen and oxygen atoms in total. The van der Waals surface area contributed by atoms with E-state index in [0.29, 0.717) is 18.2 Å². The van der Waals surface area contributed by atoms with Crippen LogP contribution in [-0.2, 0) is 16.1 Å². The lowest BCUT2D eigenvalue weighted by Crippen LogP contribution is -2.37. The molecule has 2 amide bonds. The monoisotopic (exact) mass is 320 g/mol. The van der Waals surface area contributed by atoms with Gasteiger partial charge in [0.2, 0.25) is 11.8 Å². The third-order valence-electron chi connectivity index (χ3n) is 3.89. The molecule has 1 aromatic heterocycles. The summed E-state index contributed by atoms with van der Waals surface area (Å²) in [5.41, 5.74) is 1.03. The van der Waals surface area contributed by atoms with Gasteiger partial charge in [0, 0.05) is 25.8 Å². The average Bonchev–Trinajstić information content (AvgIpc) is 3.18. The fourth-order valence-electron chi connectivity index (χ4n) is 2.66. The summed E-state index contributed by atoms with van der Waals surface area (Å²) in [5.74, 6) is 2.00. The van der Waals surface area contributed by atoms with E-state index in [0.717, 1.165) is 24.5 Å². The Morgan fingerprint density at radius 2 is 2.18 bits per heavy atom. The van der Waals surface area contributed by atoms with Crippen LogP contribution >= 0.6 is 11.8 Å². The first-order chi connectivity index (χ1) is 10.7. The van der Waals surface area contributed by atoms with Crippen LogP contribution in [0.1, 0.15) is 18.4 Å². The molecule has 0 aromatic carbocycles. The molecule has 0 aliphatic carbocycles. The molecule has 1 N–H and O–H groups in total. The van der Waals surface area contributed by atoms with Crippen LogP contribution in [0.15, 0.2) is 18.3 Å². The lowest BCUT2D eigenvalue weighted by molar-refractivity contribution is -0.132. The predicted octanol–water partition coefficient (Wildman–Crippen LogP) is 0.831. The van der Waals surface area contributed by atoms with Crippen LogP contribution in [0.5, 0.6) is 0 Å². The number of aromatic nitrogens is 1. The number of nitrogens with one attached hydrogen (secondary N) is 1. The van der Waals surface area contributed by atoms with Gasteiger partial charge in [0.15, 0.2) is 0 Å². The molecule has 2 aliphatic rings. The first-order valence-electron chi connectivity index (χ1n) is 7.54. The maximum absolute atomic E-state index is 11.9. The number of amides is 2. The zero-order chi connectivity index (χ0) is 15.4. The van der Waals surface area contributed by atoms with Gasteiger partial charge < -0.3 is 15.1 Å². The second kappa shape index (κ2) is 7.00. The summed E-state index contributed by atoms with van der Waals surface area (Å²) < 4.78 is 0. The third kappa shape index (κ3) is 3.71. The maximum atomic E-state index is 11.9. The lowest BCUT2D eigenvalue weighted by Gasteiger charge is -2.17. The molecule has 118 valence electrons. The molecular formula is C15H20N4O2S. The van der Waals surface area contributed by atoms with Crippen molar-refractivity contribution in [2.45, 2.75) is 19.4 Å². The average molecular weight is 320 g/mol. The van der Waals surface area contributed by atoms with E-state index in [1.54, 1.807) is 22.9 Å². The molecule has 1 aromatic rings. The third-order valence-corrected chi connectivity index (χ3v) is 4.83. The van der Waals surface area contributed by atoms with E-state index in [1.165, 1.54) is 12.8 Å². The lowest BCUT2D eigenvalue weighted by atomic mass is 10.2. The van der Waals surface area contributed by atoms with Crippen molar-refractivity contribution in [3.63, 3.8) is 0 Å². The molecule has 7 heteroatoms. The van der Waals surface area contributed by atoms with Crippen LogP contribution in [0.2, 0.25) is 0 Å². The molecule has 3 rings (SSSR count). The van der Waals surface area contributed by atoms with Crippen molar-refractivity contribution in [2.24, 2.45) is 0 Å². The van der Waals surface area contributed by atoms with E-state index in [1.807, 2.05) is 12.1 Å². The van der Waals surface area contributed by atoms with Gasteiger partial charge in [-0.05, 0) is 30.5 Å². The van der Waals surface area contributed by atoms with E-state index >= 15 is 0 Å². The summed E-state index contributed by atoms with van der Waals surface area (Å²) in [6, 6.07) is 3.94. The van der Waals surface area contributed by atoms with Gasteiger partial charge in [-0.15, -0.1) is 11.8 Å². The molecule has 0 unspecified atom stereocenters. The van der Waals surface area contributed by atoms with Crippen LogP contribution in [-0.4, -0.2) is 53.0 Å². The standard InChI is InChI=1S/C15H20N4O2S/c20-14(9-19-11-22-10-15(19)21)17-8-12-3-4-16-13(7-12)18-5-1-2-6-18/h3-4,7H,1-2,5-6,8-11H2,(H,17,20). The van der Waals surface area contributed by atoms with E-state index in [4.69, 9.17) is 0 Å². The molecular weight excluding hydrogens is 300 g/mol. The van der Waals surface area contributed by atoms with Crippen molar-refractivity contribution in [1.29, 1.82) is 0 Å². The predicted molar refractivity (Wildman–Crippen MR) is 86.6 cm³/mol. The topological polar surface area (TPSA) is 65.5 Å². The second-order valence-corrected chi connectivity index (χ2v) is 6.52. The molecule has 2 aliphatic heterocycles. The molecule has 22 heavy (non-hydrogen) atoms. The molecule has 0 bridgehead atoms. The number of carbonyl (C=O) groups is 2. The summed E-state index contributed by atoms with van der Waals surface area (Å²) in [7, 11) is 0. The molecule has 0 spiro atoms. The van der Waals surface area contributed by atoms with Crippen LogP contribution in [0.4, 0.5) is 5.82 Å². The molecule has 0 atom stereocenters. The Morgan fingerprint density at radius 1 is 1.36 bits per heavy atom. The van der Waals surface area contributed by atoms with Gasteiger partial charge in [0.1, 0.15) is 12.4 Å². The highest BCUT2D eigenvalue weighted by atomic mass is 32.2. The minimum absolute atomic E-state index is 0.0420. The Kier molecular flexibility index (Phi) is 4.82. The SMILES string of the molecule is O=C(CN1CSCC1=O)NCc1ccnc(N2CCCC2)c1. The van der Waals surface area contributed by atoms with Crippen molar-refractivity contribution in [3.05, 3.63) is 23.9 Å². The Hall–Kier alpha value is -1.76. The quantitative estimate of drug-likeness (QED) is 0.870. The van der Waals surface area contributed by atoms with Gasteiger partial charge in [-0.25, -0.2) is 4.98 Å². The highest BCUT2D eigenvalue weighted by Gasteiger charge is 2.22. The number of rotatable bonds is 5. The van der Waals surface area contributed by atoms with E-state index in [9.17, 15) is 9.59 Å². The van der Waals surface area contributed by atoms with Gasteiger partial charge in [0.05, 0.1) is 11.6 Å². The number of nitrogens with zero attached hydrogens (tertiary/aromatic N) is 3. The van der Waals surface area contributed by atoms with Crippen molar-refractivity contribution in [2.75, 3.05) is 36.2 Å². The number of carbonyl (C=O) groups excluding carboxylic acids is 2. The van der Waals surface area contributed by atoms with Crippen molar-refractivity contribution in [1.82, 2.24) is 15.2 Å². The number of hydrogen-bond acceptors (Lipinski definition) is 5. The summed E-state index contributed by atoms with van der Waals surface area (Å²) in [5, 5.41) is 2.88. The molecule has 3 heterocycles. The van der Waals surface area contributed by atoms with Crippen LogP contribution in [0, 0.1) is 0 Å². The van der Waals surface area contributed by atoms with E-state index in [2.05, 4.69) is 15.2 Å². The number of hydrogen-bond donors (Lipinski definition) is 1. The van der Waals surface area contributed by atoms with Gasteiger partial charge in [0.25, 0.3) is 0 Å². The Morgan fingerprint density at radius 3 is 2.91 bits per heavy atom. The zero-order valence-corrected chi connectivity index (χ0v) is 13.3. The Labute approximate surface area is 134 Å². The van der Waals surface area contributed by atoms with Gasteiger partial charge in [-0.3, -0.25) is 9.59 Å². The molecule has 0 saturated carbocycles. The highest BCUT2D eigenvalue weighted by molar-refractivity contribution is 8.00. The number of anilines is 1. The fraction of sp³-hybridized carbons (Fsp3) is 0.533. The van der Waals surface area contributed by atoms with E-state index in [-0.39, 0.29) is 18.4 Å². The minimum Gasteiger partial charge on any atom is -0.357 e. The van der Waals surface area contributed by atoms with Gasteiger partial charge in [-0.2, -0.15) is 0 Å². The smallest absolute Gasteiger partial charge is 0.239 e. The molecule has 2 saturated heterocycles. The first kappa shape index (κ1) is 15.1. The van der Waals surface area contributed by atoms with Crippen LogP contribution < -0.4 is 10.2 Å². The van der Waals surface area contributed by atoms with Gasteiger partial charge in [-0.1, -0.05) is 0 Å². The molecule has 0 radical (unpaired) electrons. The Bertz CT molecular complexity index is 560. The van der Waals surface area contributed by atoms with Crippen LogP contribution in [0.25, 0.3) is 0 Å². The largest absolute Gasteiger partial charge is 0.357 e. The normalized spacial score (nSPS) is 18.1. The number of pyridine rings is 1. The fourth-order valence-corrected chi connectivity index (χ4v) is 3.56. The minimum atomic E-state index is -0.115. The van der Waals surface area contributed by atoms with Crippen molar-refractivity contribution in [3.8, 4) is 0 Å². The summed E-state index contributed by atoms with van der Waals surface area (Å²) >= 11 is 1.55. The summed E-state index contributed by atoms with van der Waals surface area (Å²) in [6.07, 6.45) is 4.21. The summed E-state index contributed by atoms with van der Waals surface area (Å²) in [4.78, 5) is 31.7. The van der Waals surface area contributed by atoms with E-state index < -0.39 is 0 Å². The van der Waals surface area contributed by atoms with Crippen molar-refractivity contribution < 1.29 is 9.59 Å². The van der Waals surface area contributed by atoms with Crippen molar-refractivity contribution >= 4 is 29.4 Å². The summed E-state index contributed by atoms with van der Waals surface area (Å²) in [6.45, 7) is 2.72. The van der Waals surface area contributed by atoms with Gasteiger partial charge >= 0.3 is 0 Å². The Balaban J connectivity index is 1.51. The second-order valence-electron chi connectivity index (χ2n) is 5.56. The zero-order valence-electron chi connectivity index (χ0n) is 12.5. The molecule has 2 fully saturated rings.